The lowest BCUT2D eigenvalue weighted by atomic mass is 10.1. The molecule has 0 aliphatic carbocycles. The van der Waals surface area contributed by atoms with E-state index in [1.54, 1.807) is 12.4 Å². The molecule has 1 aromatic heterocycles. The summed E-state index contributed by atoms with van der Waals surface area (Å²) in [6.07, 6.45) is 26.2. The van der Waals surface area contributed by atoms with Crippen LogP contribution in [-0.4, -0.2) is 11.0 Å². The van der Waals surface area contributed by atoms with Crippen molar-refractivity contribution in [3.8, 4) is 0 Å². The lowest BCUT2D eigenvalue weighted by Gasteiger charge is -2.04. The van der Waals surface area contributed by atoms with Gasteiger partial charge in [-0.3, -0.25) is 9.78 Å². The molecule has 1 aromatic rings. The zero-order chi connectivity index (χ0) is 19.4. The third-order valence-corrected chi connectivity index (χ3v) is 4.48. The normalized spacial score (nSPS) is 11.4. The number of hydrogen-bond acceptors (Lipinski definition) is 3. The van der Waals surface area contributed by atoms with Crippen LogP contribution in [0.5, 0.6) is 0 Å². The molecule has 0 spiro atoms. The van der Waals surface area contributed by atoms with Gasteiger partial charge in [-0.05, 0) is 38.2 Å². The van der Waals surface area contributed by atoms with Crippen LogP contribution in [0.3, 0.4) is 0 Å². The molecule has 0 N–H and O–H groups in total. The SMILES string of the molecule is CCCCCC/C=C/C=C/CCCCCCCC(=O)OCc1cccnc1. The minimum atomic E-state index is -0.108. The highest BCUT2D eigenvalue weighted by Gasteiger charge is 2.03. The molecule has 0 aliphatic rings. The zero-order valence-corrected chi connectivity index (χ0v) is 17.1. The summed E-state index contributed by atoms with van der Waals surface area (Å²) in [7, 11) is 0. The minimum Gasteiger partial charge on any atom is -0.461 e. The third-order valence-electron chi connectivity index (χ3n) is 4.48. The predicted molar refractivity (Wildman–Crippen MR) is 113 cm³/mol. The van der Waals surface area contributed by atoms with Crippen molar-refractivity contribution in [1.82, 2.24) is 4.98 Å². The molecule has 3 heteroatoms. The van der Waals surface area contributed by atoms with Gasteiger partial charge < -0.3 is 4.74 Å². The number of hydrogen-bond donors (Lipinski definition) is 0. The van der Waals surface area contributed by atoms with Crippen LogP contribution in [0.15, 0.2) is 48.8 Å². The van der Waals surface area contributed by atoms with E-state index in [0.717, 1.165) is 24.8 Å². The van der Waals surface area contributed by atoms with Crippen LogP contribution >= 0.6 is 0 Å². The van der Waals surface area contributed by atoms with Crippen LogP contribution in [0.1, 0.15) is 89.5 Å². The first-order valence-corrected chi connectivity index (χ1v) is 10.7. The fourth-order valence-corrected chi connectivity index (χ4v) is 2.82. The maximum absolute atomic E-state index is 11.7. The van der Waals surface area contributed by atoms with E-state index in [1.165, 1.54) is 51.4 Å². The molecule has 0 saturated heterocycles. The van der Waals surface area contributed by atoms with Crippen LogP contribution in [0.4, 0.5) is 0 Å². The van der Waals surface area contributed by atoms with Gasteiger partial charge in [-0.25, -0.2) is 0 Å². The second-order valence-corrected chi connectivity index (χ2v) is 7.03. The van der Waals surface area contributed by atoms with E-state index >= 15 is 0 Å². The number of allylic oxidation sites excluding steroid dienone is 4. The van der Waals surface area contributed by atoms with Crippen LogP contribution in [0, 0.1) is 0 Å². The summed E-state index contributed by atoms with van der Waals surface area (Å²) in [4.78, 5) is 15.7. The molecule has 150 valence electrons. The quantitative estimate of drug-likeness (QED) is 0.179. The zero-order valence-electron chi connectivity index (χ0n) is 17.1. The van der Waals surface area contributed by atoms with E-state index in [0.29, 0.717) is 13.0 Å². The van der Waals surface area contributed by atoms with Crippen molar-refractivity contribution >= 4 is 5.97 Å². The molecular formula is C24H37NO2. The van der Waals surface area contributed by atoms with Gasteiger partial charge in [0.1, 0.15) is 6.61 Å². The Balaban J connectivity index is 1.86. The first kappa shape index (κ1) is 23.1. The lowest BCUT2D eigenvalue weighted by Crippen LogP contribution is -2.04. The van der Waals surface area contributed by atoms with Crippen molar-refractivity contribution in [2.24, 2.45) is 0 Å². The summed E-state index contributed by atoms with van der Waals surface area (Å²) in [5, 5.41) is 0. The molecule has 0 radical (unpaired) electrons. The summed E-state index contributed by atoms with van der Waals surface area (Å²) >= 11 is 0. The van der Waals surface area contributed by atoms with Gasteiger partial charge in [0.05, 0.1) is 0 Å². The molecule has 0 bridgehead atoms. The minimum absolute atomic E-state index is 0.108. The Morgan fingerprint density at radius 1 is 0.963 bits per heavy atom. The highest BCUT2D eigenvalue weighted by molar-refractivity contribution is 5.69. The van der Waals surface area contributed by atoms with Gasteiger partial charge in [-0.15, -0.1) is 0 Å². The van der Waals surface area contributed by atoms with Crippen molar-refractivity contribution in [2.45, 2.75) is 90.6 Å². The Hall–Kier alpha value is -1.90. The molecule has 0 atom stereocenters. The van der Waals surface area contributed by atoms with Gasteiger partial charge in [0, 0.05) is 24.4 Å². The summed E-state index contributed by atoms with van der Waals surface area (Å²) in [5.74, 6) is -0.108. The first-order chi connectivity index (χ1) is 13.3. The van der Waals surface area contributed by atoms with Crippen molar-refractivity contribution in [3.63, 3.8) is 0 Å². The number of pyridine rings is 1. The number of unbranched alkanes of at least 4 members (excludes halogenated alkanes) is 9. The fraction of sp³-hybridized carbons (Fsp3) is 0.583. The molecule has 3 nitrogen and oxygen atoms in total. The van der Waals surface area contributed by atoms with Crippen LogP contribution in [0.2, 0.25) is 0 Å². The molecule has 0 unspecified atom stereocenters. The molecule has 0 fully saturated rings. The maximum atomic E-state index is 11.7. The standard InChI is InChI=1S/C24H37NO2/c1-2-3-4-5-6-7-8-9-10-11-12-13-14-15-16-19-24(26)27-22-23-18-17-20-25-21-23/h7-10,17-18,20-21H,2-6,11-16,19,22H2,1H3/b8-7+,10-9+. The first-order valence-electron chi connectivity index (χ1n) is 10.7. The van der Waals surface area contributed by atoms with Crippen molar-refractivity contribution in [3.05, 3.63) is 54.4 Å². The number of ether oxygens (including phenoxy) is 1. The molecule has 0 aromatic carbocycles. The largest absolute Gasteiger partial charge is 0.461 e. The summed E-state index contributed by atoms with van der Waals surface area (Å²) < 4.78 is 5.25. The molecule has 0 aliphatic heterocycles. The number of carbonyl (C=O) groups is 1. The van der Waals surface area contributed by atoms with Crippen LogP contribution < -0.4 is 0 Å². The third kappa shape index (κ3) is 14.9. The van der Waals surface area contributed by atoms with E-state index in [9.17, 15) is 4.79 Å². The van der Waals surface area contributed by atoms with Gasteiger partial charge in [0.2, 0.25) is 0 Å². The summed E-state index contributed by atoms with van der Waals surface area (Å²) in [6, 6.07) is 3.77. The maximum Gasteiger partial charge on any atom is 0.306 e. The number of carbonyl (C=O) groups excluding carboxylic acids is 1. The summed E-state index contributed by atoms with van der Waals surface area (Å²) in [5.41, 5.74) is 0.935. The lowest BCUT2D eigenvalue weighted by molar-refractivity contribution is -0.145. The van der Waals surface area contributed by atoms with Gasteiger partial charge in [0.15, 0.2) is 0 Å². The number of nitrogens with zero attached hydrogens (tertiary/aromatic N) is 1. The average Bonchev–Trinajstić information content (AvgIpc) is 2.70. The number of aromatic nitrogens is 1. The van der Waals surface area contributed by atoms with Crippen molar-refractivity contribution in [2.75, 3.05) is 0 Å². The predicted octanol–water partition coefficient (Wildman–Crippen LogP) is 6.94. The molecule has 27 heavy (non-hydrogen) atoms. The second kappa shape index (κ2) is 17.5. The average molecular weight is 372 g/mol. The monoisotopic (exact) mass is 371 g/mol. The molecule has 1 heterocycles. The molecule has 1 rings (SSSR count). The van der Waals surface area contributed by atoms with E-state index in [2.05, 4.69) is 36.2 Å². The van der Waals surface area contributed by atoms with E-state index < -0.39 is 0 Å². The van der Waals surface area contributed by atoms with Crippen molar-refractivity contribution < 1.29 is 9.53 Å². The van der Waals surface area contributed by atoms with Gasteiger partial charge in [-0.2, -0.15) is 0 Å². The highest BCUT2D eigenvalue weighted by atomic mass is 16.5. The van der Waals surface area contributed by atoms with Crippen LogP contribution in [0.25, 0.3) is 0 Å². The van der Waals surface area contributed by atoms with Gasteiger partial charge in [0.25, 0.3) is 0 Å². The Morgan fingerprint density at radius 3 is 2.30 bits per heavy atom. The second-order valence-electron chi connectivity index (χ2n) is 7.03. The molecule has 0 saturated carbocycles. The Kier molecular flexibility index (Phi) is 15.0. The number of esters is 1. The van der Waals surface area contributed by atoms with Gasteiger partial charge >= 0.3 is 5.97 Å². The van der Waals surface area contributed by atoms with Crippen molar-refractivity contribution in [1.29, 1.82) is 0 Å². The van der Waals surface area contributed by atoms with E-state index in [-0.39, 0.29) is 5.97 Å². The Morgan fingerprint density at radius 2 is 1.63 bits per heavy atom. The van der Waals surface area contributed by atoms with Crippen LogP contribution in [-0.2, 0) is 16.1 Å². The Labute approximate surface area is 165 Å². The Bertz CT molecular complexity index is 522. The molecule has 0 amide bonds. The number of rotatable bonds is 16. The smallest absolute Gasteiger partial charge is 0.306 e. The molecular weight excluding hydrogens is 334 g/mol. The topological polar surface area (TPSA) is 39.2 Å². The van der Waals surface area contributed by atoms with Gasteiger partial charge in [-0.1, -0.05) is 75.8 Å². The van der Waals surface area contributed by atoms with E-state index in [1.807, 2.05) is 12.1 Å². The van der Waals surface area contributed by atoms with E-state index in [4.69, 9.17) is 4.74 Å². The highest BCUT2D eigenvalue weighted by Crippen LogP contribution is 2.09. The summed E-state index contributed by atoms with van der Waals surface area (Å²) in [6.45, 7) is 2.57. The fourth-order valence-electron chi connectivity index (χ4n) is 2.82.